The zero-order valence-corrected chi connectivity index (χ0v) is 20.1. The summed E-state index contributed by atoms with van der Waals surface area (Å²) in [7, 11) is -2.87. The Hall–Kier alpha value is -2.12. The third-order valence-electron chi connectivity index (χ3n) is 5.33. The van der Waals surface area contributed by atoms with Gasteiger partial charge in [-0.2, -0.15) is 3.89 Å². The van der Waals surface area contributed by atoms with Crippen molar-refractivity contribution >= 4 is 43.6 Å². The van der Waals surface area contributed by atoms with E-state index in [1.54, 1.807) is 6.07 Å². The molecular formula is C25H23F2NS3. The van der Waals surface area contributed by atoms with Crippen molar-refractivity contribution in [3.05, 3.63) is 70.5 Å². The summed E-state index contributed by atoms with van der Waals surface area (Å²) in [6, 6.07) is 11.6. The van der Waals surface area contributed by atoms with Gasteiger partial charge >= 0.3 is 0 Å². The number of hydrogen-bond acceptors (Lipinski definition) is 3. The molecule has 31 heavy (non-hydrogen) atoms. The lowest BCUT2D eigenvalue weighted by molar-refractivity contribution is 0.625. The van der Waals surface area contributed by atoms with Crippen LogP contribution in [0, 0.1) is 30.0 Å². The molecule has 3 atom stereocenters. The zero-order valence-electron chi connectivity index (χ0n) is 17.6. The van der Waals surface area contributed by atoms with Crippen LogP contribution < -0.4 is 0 Å². The standard InChI is InChI=1S/C25H23F2NS3/c1-5-21(28-18(3)30-4)12-10-19-11-13-24(26)23(16-19)25(29)31(27)15-14-20-8-6-7-9-22(20)17(31)2/h1,6-9,11,13,16-17,21H,14-15H2,2-4H3. The topological polar surface area (TPSA) is 12.4 Å². The number of fused-ring (bicyclic) bond motifs is 1. The number of benzene rings is 2. The number of rotatable bonds is 2. The molecule has 6 heteroatoms. The number of aliphatic imine (C=N–C) groups is 1. The van der Waals surface area contributed by atoms with Gasteiger partial charge in [0.05, 0.1) is 9.24 Å². The molecule has 0 N–H and O–H groups in total. The number of terminal acetylenes is 1. The van der Waals surface area contributed by atoms with E-state index in [0.29, 0.717) is 17.7 Å². The molecule has 0 saturated heterocycles. The van der Waals surface area contributed by atoms with Gasteiger partial charge in [0, 0.05) is 22.1 Å². The smallest absolute Gasteiger partial charge is 0.171 e. The normalized spacial score (nSPS) is 23.4. The average Bonchev–Trinajstić information content (AvgIpc) is 2.79. The molecule has 1 heterocycles. The van der Waals surface area contributed by atoms with Gasteiger partial charge in [-0.05, 0) is 66.3 Å². The predicted molar refractivity (Wildman–Crippen MR) is 136 cm³/mol. The van der Waals surface area contributed by atoms with Crippen LogP contribution in [0.2, 0.25) is 0 Å². The molecule has 0 bridgehead atoms. The first-order valence-corrected chi connectivity index (χ1v) is 13.2. The summed E-state index contributed by atoms with van der Waals surface area (Å²) in [5.74, 6) is 8.15. The molecule has 0 aromatic heterocycles. The molecule has 2 aromatic rings. The number of aryl methyl sites for hydroxylation is 1. The lowest BCUT2D eigenvalue weighted by Gasteiger charge is -2.42. The monoisotopic (exact) mass is 471 g/mol. The molecule has 0 saturated carbocycles. The minimum Gasteiger partial charge on any atom is -0.254 e. The van der Waals surface area contributed by atoms with Crippen LogP contribution in [0.4, 0.5) is 8.28 Å². The molecule has 3 rings (SSSR count). The van der Waals surface area contributed by atoms with E-state index in [1.807, 2.05) is 44.4 Å². The van der Waals surface area contributed by atoms with E-state index in [-0.39, 0.29) is 15.0 Å². The summed E-state index contributed by atoms with van der Waals surface area (Å²) in [6.45, 7) is 3.71. The Bertz CT molecular complexity index is 1140. The second-order valence-corrected chi connectivity index (χ2v) is 11.8. The van der Waals surface area contributed by atoms with Crippen LogP contribution in [0.25, 0.3) is 0 Å². The molecule has 0 radical (unpaired) electrons. The minimum absolute atomic E-state index is 0.0698. The molecule has 160 valence electrons. The highest BCUT2D eigenvalue weighted by Crippen LogP contribution is 2.66. The highest BCUT2D eigenvalue weighted by Gasteiger charge is 2.41. The van der Waals surface area contributed by atoms with Gasteiger partial charge in [0.15, 0.2) is 6.04 Å². The van der Waals surface area contributed by atoms with E-state index >= 15 is 3.89 Å². The van der Waals surface area contributed by atoms with Crippen LogP contribution in [0.15, 0.2) is 47.5 Å². The second-order valence-electron chi connectivity index (χ2n) is 7.17. The molecule has 1 nitrogen and oxygen atoms in total. The fourth-order valence-corrected chi connectivity index (χ4v) is 7.07. The molecule has 0 aliphatic carbocycles. The summed E-state index contributed by atoms with van der Waals surface area (Å²) in [4.78, 5) is 4.33. The Morgan fingerprint density at radius 1 is 1.32 bits per heavy atom. The van der Waals surface area contributed by atoms with Gasteiger partial charge in [-0.25, -0.2) is 4.39 Å². The lowest BCUT2D eigenvalue weighted by atomic mass is 10.0. The van der Waals surface area contributed by atoms with Crippen LogP contribution in [0.5, 0.6) is 0 Å². The largest absolute Gasteiger partial charge is 0.254 e. The van der Waals surface area contributed by atoms with Crippen molar-refractivity contribution in [3.8, 4) is 24.2 Å². The van der Waals surface area contributed by atoms with E-state index < -0.39 is 22.3 Å². The van der Waals surface area contributed by atoms with Crippen molar-refractivity contribution in [3.63, 3.8) is 0 Å². The Morgan fingerprint density at radius 2 is 2.06 bits per heavy atom. The van der Waals surface area contributed by atoms with Gasteiger partial charge < -0.3 is 0 Å². The predicted octanol–water partition coefficient (Wildman–Crippen LogP) is 6.64. The van der Waals surface area contributed by atoms with Crippen LogP contribution in [-0.4, -0.2) is 27.3 Å². The van der Waals surface area contributed by atoms with E-state index in [0.717, 1.165) is 16.2 Å². The first-order valence-electron chi connectivity index (χ1n) is 9.77. The minimum atomic E-state index is -2.87. The summed E-state index contributed by atoms with van der Waals surface area (Å²) >= 11 is 7.05. The van der Waals surface area contributed by atoms with Crippen molar-refractivity contribution in [1.82, 2.24) is 0 Å². The average molecular weight is 472 g/mol. The van der Waals surface area contributed by atoms with E-state index in [2.05, 4.69) is 22.8 Å². The number of hydrogen-bond donors (Lipinski definition) is 0. The molecule has 2 aromatic carbocycles. The summed E-state index contributed by atoms with van der Waals surface area (Å²) in [5, 5.41) is 0.446. The van der Waals surface area contributed by atoms with Crippen molar-refractivity contribution in [2.24, 2.45) is 4.99 Å². The molecule has 1 aliphatic heterocycles. The van der Waals surface area contributed by atoms with Crippen LogP contribution >= 0.6 is 34.4 Å². The highest BCUT2D eigenvalue weighted by molar-refractivity contribution is 8.47. The zero-order chi connectivity index (χ0) is 22.6. The fraction of sp³-hybridized carbons (Fsp3) is 0.280. The molecule has 0 fully saturated rings. The first-order chi connectivity index (χ1) is 14.8. The summed E-state index contributed by atoms with van der Waals surface area (Å²) in [5.41, 5.74) is 2.75. The Labute approximate surface area is 194 Å². The second kappa shape index (κ2) is 10.0. The maximum absolute atomic E-state index is 16.3. The number of halogens is 2. The maximum atomic E-state index is 16.3. The fourth-order valence-electron chi connectivity index (χ4n) is 3.49. The Kier molecular flexibility index (Phi) is 7.59. The van der Waals surface area contributed by atoms with E-state index in [9.17, 15) is 4.39 Å². The number of nitrogens with zero attached hydrogens (tertiary/aromatic N) is 1. The van der Waals surface area contributed by atoms with Gasteiger partial charge in [0.2, 0.25) is 0 Å². The highest BCUT2D eigenvalue weighted by atomic mass is 32.3. The third kappa shape index (κ3) is 5.04. The van der Waals surface area contributed by atoms with Gasteiger partial charge in [0.1, 0.15) is 5.82 Å². The molecule has 3 unspecified atom stereocenters. The number of thioether (sulfide) groups is 1. The van der Waals surface area contributed by atoms with Crippen molar-refractivity contribution in [2.75, 3.05) is 12.0 Å². The molecule has 0 amide bonds. The van der Waals surface area contributed by atoms with Crippen molar-refractivity contribution in [1.29, 1.82) is 0 Å². The van der Waals surface area contributed by atoms with Crippen LogP contribution in [0.1, 0.15) is 41.4 Å². The Balaban J connectivity index is 1.93. The first kappa shape index (κ1) is 23.5. The van der Waals surface area contributed by atoms with Crippen LogP contribution in [0.3, 0.4) is 0 Å². The van der Waals surface area contributed by atoms with Gasteiger partial charge in [0.25, 0.3) is 0 Å². The maximum Gasteiger partial charge on any atom is 0.171 e. The number of thiocarbonyl (C=S) groups is 1. The Morgan fingerprint density at radius 3 is 2.77 bits per heavy atom. The SMILES string of the molecule is C#CC(C#Cc1ccc(F)c(C(=S)S2(F)CCc3ccccc3C2C)c1)N=C(C)SC. The van der Waals surface area contributed by atoms with Gasteiger partial charge in [-0.3, -0.25) is 4.99 Å². The third-order valence-corrected chi connectivity index (χ3v) is 10.1. The quantitative estimate of drug-likeness (QED) is 0.211. The molecule has 0 spiro atoms. The van der Waals surface area contributed by atoms with E-state index in [4.69, 9.17) is 18.6 Å². The van der Waals surface area contributed by atoms with Crippen molar-refractivity contribution < 1.29 is 8.28 Å². The van der Waals surface area contributed by atoms with Gasteiger partial charge in [-0.15, -0.1) is 18.2 Å². The molecular weight excluding hydrogens is 448 g/mol. The van der Waals surface area contributed by atoms with Crippen molar-refractivity contribution in [2.45, 2.75) is 31.6 Å². The van der Waals surface area contributed by atoms with E-state index in [1.165, 1.54) is 23.9 Å². The van der Waals surface area contributed by atoms with Gasteiger partial charge in [-0.1, -0.05) is 54.2 Å². The van der Waals surface area contributed by atoms with Crippen LogP contribution in [-0.2, 0) is 6.42 Å². The molecule has 1 aliphatic rings. The summed E-state index contributed by atoms with van der Waals surface area (Å²) < 4.78 is 31.1. The summed E-state index contributed by atoms with van der Waals surface area (Å²) in [6.07, 6.45) is 8.03. The lowest BCUT2D eigenvalue weighted by Crippen LogP contribution is -2.24.